The van der Waals surface area contributed by atoms with Gasteiger partial charge in [-0.2, -0.15) is 0 Å². The van der Waals surface area contributed by atoms with Crippen LogP contribution in [0.2, 0.25) is 0 Å². The highest BCUT2D eigenvalue weighted by Crippen LogP contribution is 2.33. The standard InChI is InChI=1S/C10H9FN2S2.2C2H6/c1-6-10(14-2)15-9(13-6)7-3-8(11)5-12-4-7;2*1-2/h3-5H,1-2H3;2*1-2H3. The molecule has 2 aromatic heterocycles. The van der Waals surface area contributed by atoms with E-state index in [0.29, 0.717) is 0 Å². The van der Waals surface area contributed by atoms with Crippen molar-refractivity contribution in [2.24, 2.45) is 0 Å². The van der Waals surface area contributed by atoms with Crippen LogP contribution in [0.15, 0.2) is 22.7 Å². The minimum absolute atomic E-state index is 0.328. The molecule has 0 saturated heterocycles. The van der Waals surface area contributed by atoms with Gasteiger partial charge in [0.25, 0.3) is 0 Å². The maximum Gasteiger partial charge on any atom is 0.142 e. The summed E-state index contributed by atoms with van der Waals surface area (Å²) in [6.45, 7) is 9.96. The van der Waals surface area contributed by atoms with E-state index in [9.17, 15) is 4.39 Å². The highest BCUT2D eigenvalue weighted by Gasteiger charge is 2.09. The minimum Gasteiger partial charge on any atom is -0.261 e. The van der Waals surface area contributed by atoms with Gasteiger partial charge in [0.2, 0.25) is 0 Å². The van der Waals surface area contributed by atoms with Crippen LogP contribution >= 0.6 is 23.1 Å². The van der Waals surface area contributed by atoms with Crippen LogP contribution in [0.3, 0.4) is 0 Å². The van der Waals surface area contributed by atoms with Gasteiger partial charge in [-0.3, -0.25) is 4.98 Å². The lowest BCUT2D eigenvalue weighted by Gasteiger charge is -1.94. The van der Waals surface area contributed by atoms with Gasteiger partial charge in [0.15, 0.2) is 0 Å². The molecule has 0 bridgehead atoms. The van der Waals surface area contributed by atoms with Crippen molar-refractivity contribution in [3.05, 3.63) is 30.0 Å². The van der Waals surface area contributed by atoms with Crippen molar-refractivity contribution in [3.8, 4) is 10.6 Å². The number of rotatable bonds is 2. The van der Waals surface area contributed by atoms with E-state index in [2.05, 4.69) is 9.97 Å². The Morgan fingerprint density at radius 2 is 1.79 bits per heavy atom. The average Bonchev–Trinajstić information content (AvgIpc) is 2.84. The van der Waals surface area contributed by atoms with Gasteiger partial charge in [-0.25, -0.2) is 9.37 Å². The molecule has 106 valence electrons. The number of halogens is 1. The highest BCUT2D eigenvalue weighted by atomic mass is 32.2. The molecule has 0 fully saturated rings. The second-order valence-corrected chi connectivity index (χ2v) is 5.06. The van der Waals surface area contributed by atoms with Crippen molar-refractivity contribution in [3.63, 3.8) is 0 Å². The monoisotopic (exact) mass is 300 g/mol. The first-order chi connectivity index (χ1) is 9.20. The van der Waals surface area contributed by atoms with Crippen molar-refractivity contribution < 1.29 is 4.39 Å². The molecular weight excluding hydrogens is 279 g/mol. The van der Waals surface area contributed by atoms with Crippen molar-refractivity contribution in [2.75, 3.05) is 6.26 Å². The van der Waals surface area contributed by atoms with Crippen LogP contribution < -0.4 is 0 Å². The Labute approximate surface area is 123 Å². The quantitative estimate of drug-likeness (QED) is 0.692. The van der Waals surface area contributed by atoms with Gasteiger partial charge in [-0.05, 0) is 19.2 Å². The largest absolute Gasteiger partial charge is 0.261 e. The molecule has 0 unspecified atom stereocenters. The number of thioether (sulfide) groups is 1. The van der Waals surface area contributed by atoms with Crippen LogP contribution in [-0.2, 0) is 0 Å². The first kappa shape index (κ1) is 18.1. The SMILES string of the molecule is CC.CC.CSc1sc(-c2cncc(F)c2)nc1C. The fourth-order valence-electron chi connectivity index (χ4n) is 1.22. The van der Waals surface area contributed by atoms with E-state index in [1.165, 1.54) is 12.3 Å². The summed E-state index contributed by atoms with van der Waals surface area (Å²) in [5.41, 5.74) is 1.73. The van der Waals surface area contributed by atoms with Crippen molar-refractivity contribution >= 4 is 23.1 Å². The molecule has 0 N–H and O–H groups in total. The lowest BCUT2D eigenvalue weighted by atomic mass is 10.3. The van der Waals surface area contributed by atoms with Crippen molar-refractivity contribution in [1.82, 2.24) is 9.97 Å². The molecule has 0 amide bonds. The summed E-state index contributed by atoms with van der Waals surface area (Å²) in [4.78, 5) is 8.19. The topological polar surface area (TPSA) is 25.8 Å². The van der Waals surface area contributed by atoms with Crippen LogP contribution in [0.5, 0.6) is 0 Å². The molecule has 2 rings (SSSR count). The van der Waals surface area contributed by atoms with Gasteiger partial charge in [0.05, 0.1) is 16.1 Å². The number of nitrogens with zero attached hydrogens (tertiary/aromatic N) is 2. The van der Waals surface area contributed by atoms with Gasteiger partial charge in [-0.15, -0.1) is 23.1 Å². The molecular formula is C14H21FN2S2. The molecule has 5 heteroatoms. The van der Waals surface area contributed by atoms with Crippen LogP contribution in [-0.4, -0.2) is 16.2 Å². The molecule has 0 aromatic carbocycles. The van der Waals surface area contributed by atoms with Crippen LogP contribution in [0.1, 0.15) is 33.4 Å². The lowest BCUT2D eigenvalue weighted by Crippen LogP contribution is -1.82. The normalized spacial score (nSPS) is 9.00. The predicted octanol–water partition coefficient (Wildman–Crippen LogP) is 5.43. The van der Waals surface area contributed by atoms with Crippen LogP contribution in [0.25, 0.3) is 10.6 Å². The summed E-state index contributed by atoms with van der Waals surface area (Å²) in [7, 11) is 0. The summed E-state index contributed by atoms with van der Waals surface area (Å²) >= 11 is 3.22. The molecule has 0 radical (unpaired) electrons. The second-order valence-electron chi connectivity index (χ2n) is 2.99. The molecule has 0 aliphatic carbocycles. The number of thiazole rings is 1. The van der Waals surface area contributed by atoms with E-state index in [-0.39, 0.29) is 5.82 Å². The molecule has 19 heavy (non-hydrogen) atoms. The third-order valence-electron chi connectivity index (χ3n) is 1.89. The third kappa shape index (κ3) is 5.28. The summed E-state index contributed by atoms with van der Waals surface area (Å²) in [6.07, 6.45) is 4.83. The second kappa shape index (κ2) is 9.92. The number of aromatic nitrogens is 2. The van der Waals surface area contributed by atoms with E-state index in [1.54, 1.807) is 29.3 Å². The highest BCUT2D eigenvalue weighted by molar-refractivity contribution is 8.00. The van der Waals surface area contributed by atoms with Crippen LogP contribution in [0.4, 0.5) is 4.39 Å². The van der Waals surface area contributed by atoms with Gasteiger partial charge in [-0.1, -0.05) is 27.7 Å². The Hall–Kier alpha value is -0.940. The average molecular weight is 300 g/mol. The molecule has 2 heterocycles. The third-order valence-corrected chi connectivity index (χ3v) is 4.31. The van der Waals surface area contributed by atoms with Gasteiger partial charge < -0.3 is 0 Å². The summed E-state index contributed by atoms with van der Waals surface area (Å²) < 4.78 is 14.1. The number of hydrogen-bond acceptors (Lipinski definition) is 4. The fourth-order valence-corrected chi connectivity index (χ4v) is 2.92. The molecule has 0 atom stereocenters. The van der Waals surface area contributed by atoms with Gasteiger partial charge in [0, 0.05) is 11.8 Å². The summed E-state index contributed by atoms with van der Waals surface area (Å²) in [5, 5.41) is 0.823. The van der Waals surface area contributed by atoms with Crippen molar-refractivity contribution in [1.29, 1.82) is 0 Å². The number of pyridine rings is 1. The fraction of sp³-hybridized carbons (Fsp3) is 0.429. The molecule has 0 saturated carbocycles. The molecule has 0 spiro atoms. The zero-order valence-corrected chi connectivity index (χ0v) is 14.0. The van der Waals surface area contributed by atoms with Crippen LogP contribution in [0, 0.1) is 12.7 Å². The minimum atomic E-state index is -0.328. The van der Waals surface area contributed by atoms with E-state index in [1.807, 2.05) is 40.9 Å². The van der Waals surface area contributed by atoms with E-state index < -0.39 is 0 Å². The Kier molecular flexibility index (Phi) is 9.43. The lowest BCUT2D eigenvalue weighted by molar-refractivity contribution is 0.622. The molecule has 0 aliphatic rings. The number of hydrogen-bond donors (Lipinski definition) is 0. The van der Waals surface area contributed by atoms with Gasteiger partial charge >= 0.3 is 0 Å². The van der Waals surface area contributed by atoms with E-state index >= 15 is 0 Å². The van der Waals surface area contributed by atoms with E-state index in [4.69, 9.17) is 0 Å². The first-order valence-corrected chi connectivity index (χ1v) is 8.37. The summed E-state index contributed by atoms with van der Waals surface area (Å²) in [6, 6.07) is 1.45. The Balaban J connectivity index is 0.000000741. The molecule has 2 aromatic rings. The molecule has 2 nitrogen and oxygen atoms in total. The maximum atomic E-state index is 13.0. The predicted molar refractivity (Wildman–Crippen MR) is 84.5 cm³/mol. The van der Waals surface area contributed by atoms with Crippen molar-refractivity contribution in [2.45, 2.75) is 38.8 Å². The van der Waals surface area contributed by atoms with Gasteiger partial charge in [0.1, 0.15) is 10.8 Å². The zero-order chi connectivity index (χ0) is 14.8. The first-order valence-electron chi connectivity index (χ1n) is 6.33. The Morgan fingerprint density at radius 1 is 1.16 bits per heavy atom. The van der Waals surface area contributed by atoms with E-state index in [0.717, 1.165) is 20.5 Å². The zero-order valence-electron chi connectivity index (χ0n) is 12.3. The Bertz CT molecular complexity index is 484. The number of aryl methyl sites for hydroxylation is 1. The Morgan fingerprint density at radius 3 is 2.26 bits per heavy atom. The summed E-state index contributed by atoms with van der Waals surface area (Å²) in [5.74, 6) is -0.328. The maximum absolute atomic E-state index is 13.0. The molecule has 0 aliphatic heterocycles. The smallest absolute Gasteiger partial charge is 0.142 e.